The van der Waals surface area contributed by atoms with Crippen molar-refractivity contribution in [2.24, 2.45) is 0 Å². The first-order chi connectivity index (χ1) is 14.3. The largest absolute Gasteiger partial charge is 0.343 e. The van der Waals surface area contributed by atoms with Crippen LogP contribution >= 0.6 is 0 Å². The van der Waals surface area contributed by atoms with Gasteiger partial charge in [-0.05, 0) is 30.2 Å². The van der Waals surface area contributed by atoms with Crippen molar-refractivity contribution < 1.29 is 22.8 Å². The third-order valence-electron chi connectivity index (χ3n) is 4.18. The molecule has 2 amide bonds. The quantitative estimate of drug-likeness (QED) is 0.603. The molecule has 0 spiro atoms. The molecule has 10 heteroatoms. The Hall–Kier alpha value is -3.69. The Balaban J connectivity index is 1.72. The van der Waals surface area contributed by atoms with E-state index in [9.17, 15) is 22.8 Å². The fraction of sp³-hybridized carbons (Fsp3) is 0.200. The van der Waals surface area contributed by atoms with Gasteiger partial charge < -0.3 is 10.6 Å². The predicted octanol–water partition coefficient (Wildman–Crippen LogP) is 3.18. The maximum atomic E-state index is 13.7. The second kappa shape index (κ2) is 8.76. The van der Waals surface area contributed by atoms with Crippen molar-refractivity contribution in [2.75, 3.05) is 11.9 Å². The molecule has 0 unspecified atom stereocenters. The van der Waals surface area contributed by atoms with Gasteiger partial charge in [0.15, 0.2) is 23.3 Å². The summed E-state index contributed by atoms with van der Waals surface area (Å²) in [4.78, 5) is 28.8. The lowest BCUT2D eigenvalue weighted by Gasteiger charge is -2.12. The first-order valence-corrected chi connectivity index (χ1v) is 9.00. The van der Waals surface area contributed by atoms with Gasteiger partial charge in [0, 0.05) is 6.20 Å². The second-order valence-corrected chi connectivity index (χ2v) is 6.65. The molecule has 1 aromatic carbocycles. The molecule has 0 saturated carbocycles. The number of hydrogen-bond acceptors (Lipinski definition) is 4. The third kappa shape index (κ3) is 4.32. The molecular formula is C20H18F3N5O2. The number of hydrogen-bond donors (Lipinski definition) is 2. The van der Waals surface area contributed by atoms with Crippen LogP contribution in [0.1, 0.15) is 35.8 Å². The monoisotopic (exact) mass is 417 g/mol. The number of amides is 2. The fourth-order valence-electron chi connectivity index (χ4n) is 2.82. The highest BCUT2D eigenvalue weighted by molar-refractivity contribution is 6.00. The molecule has 0 bridgehead atoms. The van der Waals surface area contributed by atoms with E-state index in [2.05, 4.69) is 20.7 Å². The number of carbonyl (C=O) groups excluding carboxylic acids is 2. The number of rotatable bonds is 6. The van der Waals surface area contributed by atoms with Gasteiger partial charge in [-0.3, -0.25) is 9.59 Å². The topological polar surface area (TPSA) is 88.9 Å². The number of aromatic nitrogens is 3. The van der Waals surface area contributed by atoms with Crippen LogP contribution in [0.5, 0.6) is 0 Å². The molecule has 3 aromatic rings. The van der Waals surface area contributed by atoms with E-state index in [1.807, 2.05) is 13.8 Å². The van der Waals surface area contributed by atoms with Gasteiger partial charge in [-0.1, -0.05) is 19.9 Å². The van der Waals surface area contributed by atoms with Gasteiger partial charge in [-0.25, -0.2) is 22.8 Å². The molecule has 156 valence electrons. The van der Waals surface area contributed by atoms with Gasteiger partial charge in [-0.15, -0.1) is 0 Å². The summed E-state index contributed by atoms with van der Waals surface area (Å²) in [5.41, 5.74) is 0.319. The zero-order valence-corrected chi connectivity index (χ0v) is 16.1. The summed E-state index contributed by atoms with van der Waals surface area (Å²) in [5.74, 6) is -5.51. The summed E-state index contributed by atoms with van der Waals surface area (Å²) >= 11 is 0. The average Bonchev–Trinajstić information content (AvgIpc) is 3.19. The van der Waals surface area contributed by atoms with Gasteiger partial charge >= 0.3 is 0 Å². The van der Waals surface area contributed by atoms with Crippen LogP contribution < -0.4 is 10.6 Å². The number of pyridine rings is 1. The van der Waals surface area contributed by atoms with Crippen LogP contribution in [-0.2, 0) is 4.79 Å². The van der Waals surface area contributed by atoms with Crippen molar-refractivity contribution in [2.45, 2.75) is 19.8 Å². The first kappa shape index (κ1) is 21.0. The highest BCUT2D eigenvalue weighted by Crippen LogP contribution is 2.22. The molecule has 0 radical (unpaired) electrons. The Labute approximate surface area is 169 Å². The molecule has 7 nitrogen and oxygen atoms in total. The van der Waals surface area contributed by atoms with Crippen LogP contribution in [0.25, 0.3) is 5.82 Å². The maximum Gasteiger partial charge on any atom is 0.255 e. The van der Waals surface area contributed by atoms with Gasteiger partial charge in [0.2, 0.25) is 5.91 Å². The molecule has 0 aliphatic heterocycles. The second-order valence-electron chi connectivity index (χ2n) is 6.65. The summed E-state index contributed by atoms with van der Waals surface area (Å²) in [5, 5.41) is 8.72. The molecule has 0 aliphatic rings. The maximum absolute atomic E-state index is 13.7. The standard InChI is InChI=1S/C20H18F3N5O2/c1-11(2)19-12(9-26-28(19)15-5-3-4-8-24-15)20(30)25-10-16(29)27-14-7-6-13(21)17(22)18(14)23/h3-9,11H,10H2,1-2H3,(H,25,30)(H,27,29). The van der Waals surface area contributed by atoms with Crippen LogP contribution in [-0.4, -0.2) is 33.1 Å². The van der Waals surface area contributed by atoms with E-state index in [4.69, 9.17) is 0 Å². The van der Waals surface area contributed by atoms with Gasteiger partial charge in [0.25, 0.3) is 5.91 Å². The Kier molecular flexibility index (Phi) is 6.14. The lowest BCUT2D eigenvalue weighted by atomic mass is 10.1. The van der Waals surface area contributed by atoms with Crippen LogP contribution in [0.3, 0.4) is 0 Å². The van der Waals surface area contributed by atoms with E-state index in [-0.39, 0.29) is 11.5 Å². The van der Waals surface area contributed by atoms with E-state index in [1.165, 1.54) is 10.9 Å². The number of nitrogens with one attached hydrogen (secondary N) is 2. The SMILES string of the molecule is CC(C)c1c(C(=O)NCC(=O)Nc2ccc(F)c(F)c2F)cnn1-c1ccccn1. The van der Waals surface area contributed by atoms with E-state index in [0.717, 1.165) is 6.07 Å². The number of benzene rings is 1. The van der Waals surface area contributed by atoms with Crippen molar-refractivity contribution in [3.8, 4) is 5.82 Å². The minimum Gasteiger partial charge on any atom is -0.343 e. The molecule has 3 rings (SSSR count). The zero-order chi connectivity index (χ0) is 21.8. The van der Waals surface area contributed by atoms with Crippen molar-refractivity contribution in [3.05, 3.63) is 71.4 Å². The molecule has 2 aromatic heterocycles. The predicted molar refractivity (Wildman–Crippen MR) is 103 cm³/mol. The summed E-state index contributed by atoms with van der Waals surface area (Å²) in [6.07, 6.45) is 2.97. The Morgan fingerprint density at radius 1 is 1.10 bits per heavy atom. The summed E-state index contributed by atoms with van der Waals surface area (Å²) in [6.45, 7) is 3.25. The first-order valence-electron chi connectivity index (χ1n) is 9.00. The summed E-state index contributed by atoms with van der Waals surface area (Å²) in [7, 11) is 0. The highest BCUT2D eigenvalue weighted by Gasteiger charge is 2.22. The van der Waals surface area contributed by atoms with Crippen LogP contribution in [0.2, 0.25) is 0 Å². The Morgan fingerprint density at radius 2 is 1.87 bits per heavy atom. The fourth-order valence-corrected chi connectivity index (χ4v) is 2.82. The van der Waals surface area contributed by atoms with E-state index in [1.54, 1.807) is 24.4 Å². The minimum absolute atomic E-state index is 0.0830. The van der Waals surface area contributed by atoms with E-state index in [0.29, 0.717) is 17.6 Å². The summed E-state index contributed by atoms with van der Waals surface area (Å²) < 4.78 is 41.4. The van der Waals surface area contributed by atoms with Gasteiger partial charge in [0.05, 0.1) is 29.7 Å². The smallest absolute Gasteiger partial charge is 0.255 e. The van der Waals surface area contributed by atoms with Crippen LogP contribution in [0.4, 0.5) is 18.9 Å². The third-order valence-corrected chi connectivity index (χ3v) is 4.18. The van der Waals surface area contributed by atoms with Gasteiger partial charge in [-0.2, -0.15) is 5.10 Å². The Morgan fingerprint density at radius 3 is 2.53 bits per heavy atom. The minimum atomic E-state index is -1.69. The van der Waals surface area contributed by atoms with Crippen molar-refractivity contribution in [1.29, 1.82) is 0 Å². The van der Waals surface area contributed by atoms with E-state index >= 15 is 0 Å². The number of nitrogens with zero attached hydrogens (tertiary/aromatic N) is 3. The van der Waals surface area contributed by atoms with Crippen LogP contribution in [0, 0.1) is 17.5 Å². The number of halogens is 3. The number of anilines is 1. The normalized spacial score (nSPS) is 10.9. The Bertz CT molecular complexity index is 1080. The molecule has 2 N–H and O–H groups in total. The zero-order valence-electron chi connectivity index (χ0n) is 16.1. The molecular weight excluding hydrogens is 399 g/mol. The molecule has 0 atom stereocenters. The van der Waals surface area contributed by atoms with E-state index < -0.39 is 41.5 Å². The molecule has 0 saturated heterocycles. The number of carbonyl (C=O) groups is 2. The molecule has 30 heavy (non-hydrogen) atoms. The molecule has 0 aliphatic carbocycles. The summed E-state index contributed by atoms with van der Waals surface area (Å²) in [6, 6.07) is 6.86. The molecule has 0 fully saturated rings. The lowest BCUT2D eigenvalue weighted by Crippen LogP contribution is -2.33. The lowest BCUT2D eigenvalue weighted by molar-refractivity contribution is -0.115. The van der Waals surface area contributed by atoms with Crippen molar-refractivity contribution >= 4 is 17.5 Å². The molecule has 2 heterocycles. The van der Waals surface area contributed by atoms with Crippen molar-refractivity contribution in [1.82, 2.24) is 20.1 Å². The van der Waals surface area contributed by atoms with Gasteiger partial charge in [0.1, 0.15) is 0 Å². The van der Waals surface area contributed by atoms with Crippen molar-refractivity contribution in [3.63, 3.8) is 0 Å². The average molecular weight is 417 g/mol. The van der Waals surface area contributed by atoms with Crippen LogP contribution in [0.15, 0.2) is 42.7 Å². The highest BCUT2D eigenvalue weighted by atomic mass is 19.2.